The van der Waals surface area contributed by atoms with E-state index in [-0.39, 0.29) is 17.3 Å². The molecule has 3 aromatic rings. The SMILES string of the molecule is COc1ccc(NC(=O)c2nnn(-c3ccc(F)cc3)c2C(F)(F)F)cc1N1CCCC1=O. The van der Waals surface area contributed by atoms with Gasteiger partial charge in [-0.15, -0.1) is 5.10 Å². The van der Waals surface area contributed by atoms with Gasteiger partial charge in [-0.3, -0.25) is 9.59 Å². The number of rotatable bonds is 5. The van der Waals surface area contributed by atoms with Crippen LogP contribution in [0.5, 0.6) is 5.75 Å². The monoisotopic (exact) mass is 463 g/mol. The molecule has 1 fully saturated rings. The lowest BCUT2D eigenvalue weighted by molar-refractivity contribution is -0.143. The van der Waals surface area contributed by atoms with E-state index in [0.29, 0.717) is 35.5 Å². The Kier molecular flexibility index (Phi) is 5.75. The van der Waals surface area contributed by atoms with Crippen LogP contribution in [0.15, 0.2) is 42.5 Å². The summed E-state index contributed by atoms with van der Waals surface area (Å²) in [5.74, 6) is -1.54. The van der Waals surface area contributed by atoms with Crippen LogP contribution >= 0.6 is 0 Å². The van der Waals surface area contributed by atoms with Crippen molar-refractivity contribution >= 4 is 23.2 Å². The highest BCUT2D eigenvalue weighted by molar-refractivity contribution is 6.05. The Morgan fingerprint density at radius 2 is 1.88 bits per heavy atom. The number of hydrogen-bond donors (Lipinski definition) is 1. The van der Waals surface area contributed by atoms with Gasteiger partial charge in [0.2, 0.25) is 5.91 Å². The van der Waals surface area contributed by atoms with Crippen molar-refractivity contribution in [1.82, 2.24) is 15.0 Å². The first kappa shape index (κ1) is 22.2. The molecule has 0 unspecified atom stereocenters. The third-order valence-corrected chi connectivity index (χ3v) is 5.03. The number of alkyl halides is 3. The van der Waals surface area contributed by atoms with Crippen molar-refractivity contribution in [2.24, 2.45) is 0 Å². The number of amides is 2. The number of methoxy groups -OCH3 is 1. The predicted octanol–water partition coefficient (Wildman–Crippen LogP) is 3.81. The molecule has 0 aliphatic carbocycles. The molecule has 0 atom stereocenters. The fourth-order valence-corrected chi connectivity index (χ4v) is 3.52. The van der Waals surface area contributed by atoms with Gasteiger partial charge >= 0.3 is 6.18 Å². The van der Waals surface area contributed by atoms with Gasteiger partial charge in [0.05, 0.1) is 18.5 Å². The molecule has 0 spiro atoms. The average Bonchev–Trinajstić information content (AvgIpc) is 3.41. The van der Waals surface area contributed by atoms with Crippen LogP contribution < -0.4 is 15.0 Å². The zero-order chi connectivity index (χ0) is 23.8. The Morgan fingerprint density at radius 3 is 2.48 bits per heavy atom. The Labute approximate surface area is 184 Å². The topological polar surface area (TPSA) is 89.3 Å². The number of carbonyl (C=O) groups is 2. The molecule has 1 aromatic heterocycles. The molecule has 0 saturated carbocycles. The molecule has 8 nitrogen and oxygen atoms in total. The highest BCUT2D eigenvalue weighted by atomic mass is 19.4. The van der Waals surface area contributed by atoms with E-state index in [4.69, 9.17) is 4.74 Å². The number of hydrogen-bond acceptors (Lipinski definition) is 5. The summed E-state index contributed by atoms with van der Waals surface area (Å²) in [5.41, 5.74) is -1.95. The third kappa shape index (κ3) is 4.36. The molecule has 33 heavy (non-hydrogen) atoms. The number of halogens is 4. The lowest BCUT2D eigenvalue weighted by atomic mass is 10.2. The van der Waals surface area contributed by atoms with Gasteiger partial charge in [0, 0.05) is 18.7 Å². The molecular weight excluding hydrogens is 446 g/mol. The minimum atomic E-state index is -4.97. The van der Waals surface area contributed by atoms with Crippen LogP contribution in [-0.4, -0.2) is 40.5 Å². The molecule has 0 bridgehead atoms. The Hall–Kier alpha value is -3.96. The normalized spacial score (nSPS) is 14.0. The third-order valence-electron chi connectivity index (χ3n) is 5.03. The first-order valence-corrected chi connectivity index (χ1v) is 9.77. The average molecular weight is 463 g/mol. The van der Waals surface area contributed by atoms with Crippen molar-refractivity contribution in [3.8, 4) is 11.4 Å². The second-order valence-electron chi connectivity index (χ2n) is 7.16. The number of aromatic nitrogens is 3. The van der Waals surface area contributed by atoms with E-state index < -0.39 is 29.3 Å². The summed E-state index contributed by atoms with van der Waals surface area (Å²) in [7, 11) is 1.42. The van der Waals surface area contributed by atoms with Crippen LogP contribution in [0.25, 0.3) is 5.69 Å². The maximum absolute atomic E-state index is 13.8. The number of nitrogens with zero attached hydrogens (tertiary/aromatic N) is 4. The second-order valence-corrected chi connectivity index (χ2v) is 7.16. The lowest BCUT2D eigenvalue weighted by Crippen LogP contribution is -2.25. The minimum Gasteiger partial charge on any atom is -0.495 e. The van der Waals surface area contributed by atoms with E-state index in [0.717, 1.165) is 24.3 Å². The lowest BCUT2D eigenvalue weighted by Gasteiger charge is -2.20. The summed E-state index contributed by atoms with van der Waals surface area (Å²) in [6.45, 7) is 0.455. The number of ether oxygens (including phenoxy) is 1. The molecule has 2 heterocycles. The number of benzene rings is 2. The molecule has 1 aliphatic rings. The van der Waals surface area contributed by atoms with Crippen molar-refractivity contribution in [2.45, 2.75) is 19.0 Å². The van der Waals surface area contributed by atoms with Gasteiger partial charge in [-0.25, -0.2) is 9.07 Å². The quantitative estimate of drug-likeness (QED) is 0.582. The smallest absolute Gasteiger partial charge is 0.435 e. The summed E-state index contributed by atoms with van der Waals surface area (Å²) in [6.07, 6.45) is -3.96. The fourth-order valence-electron chi connectivity index (χ4n) is 3.52. The van der Waals surface area contributed by atoms with Crippen molar-refractivity contribution in [3.63, 3.8) is 0 Å². The van der Waals surface area contributed by atoms with E-state index in [2.05, 4.69) is 15.6 Å². The summed E-state index contributed by atoms with van der Waals surface area (Å²) in [6, 6.07) is 8.48. The van der Waals surface area contributed by atoms with E-state index in [1.165, 1.54) is 30.2 Å². The van der Waals surface area contributed by atoms with Gasteiger partial charge in [-0.1, -0.05) is 5.21 Å². The Morgan fingerprint density at radius 1 is 1.15 bits per heavy atom. The van der Waals surface area contributed by atoms with E-state index in [1.54, 1.807) is 0 Å². The zero-order valence-electron chi connectivity index (χ0n) is 17.2. The molecule has 4 rings (SSSR count). The van der Waals surface area contributed by atoms with Crippen molar-refractivity contribution in [2.75, 3.05) is 23.9 Å². The molecule has 1 saturated heterocycles. The number of anilines is 2. The Bertz CT molecular complexity index is 1210. The number of nitrogens with one attached hydrogen (secondary N) is 1. The van der Waals surface area contributed by atoms with Crippen LogP contribution in [0.3, 0.4) is 0 Å². The highest BCUT2D eigenvalue weighted by Gasteiger charge is 2.42. The van der Waals surface area contributed by atoms with Crippen LogP contribution in [-0.2, 0) is 11.0 Å². The van der Waals surface area contributed by atoms with Gasteiger partial charge < -0.3 is 15.0 Å². The fraction of sp³-hybridized carbons (Fsp3) is 0.238. The van der Waals surface area contributed by atoms with Crippen LogP contribution in [0, 0.1) is 5.82 Å². The standard InChI is InChI=1S/C21H17F4N5O3/c1-33-16-9-6-13(11-15(16)29-10-2-3-17(29)31)26-20(32)18-19(21(23,24)25)30(28-27-18)14-7-4-12(22)5-8-14/h4-9,11H,2-3,10H2,1H3,(H,26,32). The van der Waals surface area contributed by atoms with Crippen molar-refractivity contribution < 1.29 is 31.9 Å². The summed E-state index contributed by atoms with van der Waals surface area (Å²) >= 11 is 0. The van der Waals surface area contributed by atoms with Gasteiger partial charge in [0.15, 0.2) is 11.4 Å². The van der Waals surface area contributed by atoms with E-state index >= 15 is 0 Å². The molecule has 1 N–H and O–H groups in total. The van der Waals surface area contributed by atoms with E-state index in [1.807, 2.05) is 0 Å². The Balaban J connectivity index is 1.68. The van der Waals surface area contributed by atoms with Gasteiger partial charge in [-0.05, 0) is 48.9 Å². The zero-order valence-corrected chi connectivity index (χ0v) is 17.2. The maximum Gasteiger partial charge on any atom is 0.435 e. The first-order chi connectivity index (χ1) is 15.7. The van der Waals surface area contributed by atoms with Crippen LogP contribution in [0.4, 0.5) is 28.9 Å². The molecule has 12 heteroatoms. The van der Waals surface area contributed by atoms with Crippen molar-refractivity contribution in [3.05, 3.63) is 59.7 Å². The first-order valence-electron chi connectivity index (χ1n) is 9.77. The van der Waals surface area contributed by atoms with Gasteiger partial charge in [0.25, 0.3) is 5.91 Å². The van der Waals surface area contributed by atoms with Gasteiger partial charge in [0.1, 0.15) is 11.6 Å². The molecule has 2 amide bonds. The summed E-state index contributed by atoms with van der Waals surface area (Å²) in [5, 5.41) is 9.24. The molecule has 1 aliphatic heterocycles. The van der Waals surface area contributed by atoms with Crippen molar-refractivity contribution in [1.29, 1.82) is 0 Å². The highest BCUT2D eigenvalue weighted by Crippen LogP contribution is 2.35. The number of carbonyl (C=O) groups excluding carboxylic acids is 2. The molecule has 0 radical (unpaired) electrons. The van der Waals surface area contributed by atoms with Crippen LogP contribution in [0.1, 0.15) is 29.0 Å². The van der Waals surface area contributed by atoms with Crippen LogP contribution in [0.2, 0.25) is 0 Å². The largest absolute Gasteiger partial charge is 0.495 e. The second kappa shape index (κ2) is 8.52. The van der Waals surface area contributed by atoms with E-state index in [9.17, 15) is 27.2 Å². The molecule has 172 valence electrons. The summed E-state index contributed by atoms with van der Waals surface area (Å²) < 4.78 is 60.3. The molecular formula is C21H17F4N5O3. The van der Waals surface area contributed by atoms with Gasteiger partial charge in [-0.2, -0.15) is 13.2 Å². The predicted molar refractivity (Wildman–Crippen MR) is 109 cm³/mol. The molecule has 2 aromatic carbocycles. The maximum atomic E-state index is 13.8. The minimum absolute atomic E-state index is 0.116. The summed E-state index contributed by atoms with van der Waals surface area (Å²) in [4.78, 5) is 26.3.